The van der Waals surface area contributed by atoms with E-state index in [1.807, 2.05) is 32.0 Å². The summed E-state index contributed by atoms with van der Waals surface area (Å²) in [6.45, 7) is 3.61. The first kappa shape index (κ1) is 9.72. The third-order valence-electron chi connectivity index (χ3n) is 2.07. The molecule has 0 radical (unpaired) electrons. The van der Waals surface area contributed by atoms with Crippen molar-refractivity contribution in [2.24, 2.45) is 0 Å². The summed E-state index contributed by atoms with van der Waals surface area (Å²) in [7, 11) is 0. The molecule has 2 heteroatoms. The molecule has 0 aliphatic heterocycles. The average Bonchev–Trinajstić information content (AvgIpc) is 2.08. The molecule has 1 aromatic rings. The van der Waals surface area contributed by atoms with Crippen LogP contribution in [0.3, 0.4) is 0 Å². The Morgan fingerprint density at radius 2 is 2.17 bits per heavy atom. The first-order valence-electron chi connectivity index (χ1n) is 3.97. The minimum atomic E-state index is -0.294. The van der Waals surface area contributed by atoms with Gasteiger partial charge >= 0.3 is 0 Å². The van der Waals surface area contributed by atoms with E-state index in [1.54, 1.807) is 0 Å². The van der Waals surface area contributed by atoms with Crippen LogP contribution in [0.15, 0.2) is 22.7 Å². The average molecular weight is 231 g/mol. The molecule has 0 fully saturated rings. The standard InChI is InChI=1S/C10H12BrF/c1-7(6-12)9-4-3-5-10(11)8(9)2/h3-5,7H,6H2,1-2H3. The highest BCUT2D eigenvalue weighted by Crippen LogP contribution is 2.25. The topological polar surface area (TPSA) is 0 Å². The van der Waals surface area contributed by atoms with E-state index in [-0.39, 0.29) is 12.6 Å². The normalized spacial score (nSPS) is 13.0. The van der Waals surface area contributed by atoms with Gasteiger partial charge < -0.3 is 0 Å². The van der Waals surface area contributed by atoms with Crippen molar-refractivity contribution in [3.05, 3.63) is 33.8 Å². The Kier molecular flexibility index (Phi) is 3.27. The summed E-state index contributed by atoms with van der Waals surface area (Å²) in [5, 5.41) is 0. The van der Waals surface area contributed by atoms with Gasteiger partial charge in [-0.25, -0.2) is 0 Å². The maximum atomic E-state index is 12.4. The number of halogens is 2. The molecule has 0 bridgehead atoms. The molecule has 1 unspecified atom stereocenters. The molecule has 0 aliphatic rings. The van der Waals surface area contributed by atoms with Crippen molar-refractivity contribution in [2.75, 3.05) is 6.67 Å². The van der Waals surface area contributed by atoms with Crippen LogP contribution in [0.5, 0.6) is 0 Å². The number of rotatable bonds is 2. The van der Waals surface area contributed by atoms with E-state index >= 15 is 0 Å². The molecule has 0 saturated heterocycles. The van der Waals surface area contributed by atoms with E-state index in [4.69, 9.17) is 0 Å². The predicted molar refractivity (Wildman–Crippen MR) is 53.3 cm³/mol. The predicted octanol–water partition coefficient (Wildman–Crippen LogP) is 3.83. The van der Waals surface area contributed by atoms with E-state index in [2.05, 4.69) is 15.9 Å². The van der Waals surface area contributed by atoms with Crippen molar-refractivity contribution in [1.82, 2.24) is 0 Å². The number of alkyl halides is 1. The second-order valence-electron chi connectivity index (χ2n) is 3.01. The lowest BCUT2D eigenvalue weighted by molar-refractivity contribution is 0.446. The fraction of sp³-hybridized carbons (Fsp3) is 0.400. The summed E-state index contributed by atoms with van der Waals surface area (Å²) in [4.78, 5) is 0. The highest BCUT2D eigenvalue weighted by Gasteiger charge is 2.08. The maximum absolute atomic E-state index is 12.4. The van der Waals surface area contributed by atoms with Gasteiger partial charge in [-0.05, 0) is 24.1 Å². The van der Waals surface area contributed by atoms with Gasteiger partial charge in [0.15, 0.2) is 0 Å². The smallest absolute Gasteiger partial charge is 0.0960 e. The lowest BCUT2D eigenvalue weighted by Crippen LogP contribution is -1.98. The van der Waals surface area contributed by atoms with E-state index < -0.39 is 0 Å². The maximum Gasteiger partial charge on any atom is 0.0960 e. The van der Waals surface area contributed by atoms with E-state index in [0.29, 0.717) is 0 Å². The zero-order valence-corrected chi connectivity index (χ0v) is 8.86. The molecule has 0 nitrogen and oxygen atoms in total. The molecule has 0 N–H and O–H groups in total. The molecule has 0 heterocycles. The number of benzene rings is 1. The van der Waals surface area contributed by atoms with Gasteiger partial charge in [0.1, 0.15) is 0 Å². The van der Waals surface area contributed by atoms with E-state index in [0.717, 1.165) is 15.6 Å². The van der Waals surface area contributed by atoms with Crippen molar-refractivity contribution in [1.29, 1.82) is 0 Å². The van der Waals surface area contributed by atoms with Crippen LogP contribution in [0.2, 0.25) is 0 Å². The van der Waals surface area contributed by atoms with Gasteiger partial charge in [0, 0.05) is 10.4 Å². The van der Waals surface area contributed by atoms with E-state index in [1.165, 1.54) is 0 Å². The van der Waals surface area contributed by atoms with Gasteiger partial charge in [-0.3, -0.25) is 4.39 Å². The van der Waals surface area contributed by atoms with Gasteiger partial charge in [0.05, 0.1) is 6.67 Å². The van der Waals surface area contributed by atoms with Gasteiger partial charge in [0.2, 0.25) is 0 Å². The molecule has 1 aromatic carbocycles. The van der Waals surface area contributed by atoms with Gasteiger partial charge in [-0.15, -0.1) is 0 Å². The quantitative estimate of drug-likeness (QED) is 0.725. The summed E-state index contributed by atoms with van der Waals surface area (Å²) in [6.07, 6.45) is 0. The summed E-state index contributed by atoms with van der Waals surface area (Å²) in [6, 6.07) is 5.90. The molecule has 0 saturated carbocycles. The first-order valence-corrected chi connectivity index (χ1v) is 4.77. The molecular formula is C10H12BrF. The van der Waals surface area contributed by atoms with Crippen LogP contribution in [0.4, 0.5) is 4.39 Å². The van der Waals surface area contributed by atoms with Crippen molar-refractivity contribution < 1.29 is 4.39 Å². The third-order valence-corrected chi connectivity index (χ3v) is 2.93. The van der Waals surface area contributed by atoms with Gasteiger partial charge in [0.25, 0.3) is 0 Å². The Morgan fingerprint density at radius 3 is 2.75 bits per heavy atom. The summed E-state index contributed by atoms with van der Waals surface area (Å²) >= 11 is 3.42. The summed E-state index contributed by atoms with van der Waals surface area (Å²) in [5.41, 5.74) is 2.23. The number of hydrogen-bond donors (Lipinski definition) is 0. The molecule has 0 aliphatic carbocycles. The lowest BCUT2D eigenvalue weighted by Gasteiger charge is -2.11. The number of hydrogen-bond acceptors (Lipinski definition) is 0. The third kappa shape index (κ3) is 1.86. The monoisotopic (exact) mass is 230 g/mol. The Balaban J connectivity index is 3.07. The van der Waals surface area contributed by atoms with Gasteiger partial charge in [-0.1, -0.05) is 35.0 Å². The second kappa shape index (κ2) is 4.04. The molecule has 0 aromatic heterocycles. The minimum Gasteiger partial charge on any atom is -0.250 e. The Labute approximate surface area is 80.9 Å². The zero-order chi connectivity index (χ0) is 9.14. The molecular weight excluding hydrogens is 219 g/mol. The summed E-state index contributed by atoms with van der Waals surface area (Å²) < 4.78 is 13.4. The molecule has 0 amide bonds. The van der Waals surface area contributed by atoms with Crippen LogP contribution in [0, 0.1) is 6.92 Å². The Morgan fingerprint density at radius 1 is 1.50 bits per heavy atom. The van der Waals surface area contributed by atoms with Crippen LogP contribution < -0.4 is 0 Å². The molecule has 1 rings (SSSR count). The van der Waals surface area contributed by atoms with Crippen LogP contribution in [0.25, 0.3) is 0 Å². The largest absolute Gasteiger partial charge is 0.250 e. The minimum absolute atomic E-state index is 0.00231. The van der Waals surface area contributed by atoms with Crippen LogP contribution in [0.1, 0.15) is 24.0 Å². The Hall–Kier alpha value is -0.370. The molecule has 0 spiro atoms. The van der Waals surface area contributed by atoms with E-state index in [9.17, 15) is 4.39 Å². The molecule has 1 atom stereocenters. The fourth-order valence-corrected chi connectivity index (χ4v) is 1.62. The van der Waals surface area contributed by atoms with Crippen LogP contribution in [-0.2, 0) is 0 Å². The first-order chi connectivity index (χ1) is 5.66. The van der Waals surface area contributed by atoms with Crippen molar-refractivity contribution in [3.8, 4) is 0 Å². The fourth-order valence-electron chi connectivity index (χ4n) is 1.24. The van der Waals surface area contributed by atoms with Crippen molar-refractivity contribution in [3.63, 3.8) is 0 Å². The van der Waals surface area contributed by atoms with Crippen molar-refractivity contribution >= 4 is 15.9 Å². The highest BCUT2D eigenvalue weighted by atomic mass is 79.9. The molecule has 66 valence electrons. The second-order valence-corrected chi connectivity index (χ2v) is 3.86. The molecule has 12 heavy (non-hydrogen) atoms. The van der Waals surface area contributed by atoms with Crippen LogP contribution >= 0.6 is 15.9 Å². The summed E-state index contributed by atoms with van der Waals surface area (Å²) in [5.74, 6) is 0.00231. The lowest BCUT2D eigenvalue weighted by atomic mass is 9.98. The van der Waals surface area contributed by atoms with Gasteiger partial charge in [-0.2, -0.15) is 0 Å². The zero-order valence-electron chi connectivity index (χ0n) is 7.27. The Bertz CT molecular complexity index is 271. The SMILES string of the molecule is Cc1c(Br)cccc1C(C)CF. The highest BCUT2D eigenvalue weighted by molar-refractivity contribution is 9.10. The van der Waals surface area contributed by atoms with Crippen LogP contribution in [-0.4, -0.2) is 6.67 Å². The van der Waals surface area contributed by atoms with Crippen molar-refractivity contribution in [2.45, 2.75) is 19.8 Å².